The molecule has 3 heteroatoms. The number of amidine groups is 1. The van der Waals surface area contributed by atoms with Gasteiger partial charge in [-0.25, -0.2) is 0 Å². The molecule has 14 heavy (non-hydrogen) atoms. The van der Waals surface area contributed by atoms with Crippen LogP contribution in [-0.4, -0.2) is 24.7 Å². The van der Waals surface area contributed by atoms with Gasteiger partial charge >= 0.3 is 0 Å². The fourth-order valence-electron chi connectivity index (χ4n) is 1.98. The van der Waals surface area contributed by atoms with Crippen molar-refractivity contribution in [2.45, 2.75) is 59.8 Å². The maximum absolute atomic E-state index is 8.12. The minimum absolute atomic E-state index is 0.466. The molecule has 0 aromatic rings. The smallest absolute Gasteiger partial charge is 0.149 e. The maximum atomic E-state index is 8.12. The molecule has 0 aliphatic carbocycles. The third kappa shape index (κ3) is 4.27. The molecule has 0 saturated heterocycles. The Morgan fingerprint density at radius 1 is 1.14 bits per heavy atom. The number of hydrogen-bond donors (Lipinski definition) is 1. The standard InChI is InChI=1S/C11H26N2Si/c1-9(2)8-11(12)13(10(3)4)14(5,6)7/h9-10,12H,8H2,1-7H3. The Bertz CT molecular complexity index is 192. The summed E-state index contributed by atoms with van der Waals surface area (Å²) in [5, 5.41) is 8.12. The molecular weight excluding hydrogens is 188 g/mol. The normalized spacial score (nSPS) is 12.4. The van der Waals surface area contributed by atoms with Gasteiger partial charge in [-0.2, -0.15) is 0 Å². The highest BCUT2D eigenvalue weighted by Gasteiger charge is 2.28. The zero-order chi connectivity index (χ0) is 11.5. The van der Waals surface area contributed by atoms with E-state index in [-0.39, 0.29) is 0 Å². The second kappa shape index (κ2) is 4.96. The molecule has 84 valence electrons. The number of rotatable bonds is 4. The predicted molar refractivity (Wildman–Crippen MR) is 67.5 cm³/mol. The molecule has 0 unspecified atom stereocenters. The molecule has 0 atom stereocenters. The molecule has 0 aromatic heterocycles. The van der Waals surface area contributed by atoms with Crippen LogP contribution in [0.1, 0.15) is 34.1 Å². The molecule has 0 radical (unpaired) electrons. The van der Waals surface area contributed by atoms with Gasteiger partial charge in [-0.15, -0.1) is 0 Å². The first kappa shape index (κ1) is 13.7. The Morgan fingerprint density at radius 2 is 1.57 bits per heavy atom. The minimum atomic E-state index is -1.37. The Morgan fingerprint density at radius 3 is 1.79 bits per heavy atom. The van der Waals surface area contributed by atoms with E-state index in [4.69, 9.17) is 5.41 Å². The highest BCUT2D eigenvalue weighted by atomic mass is 28.3. The van der Waals surface area contributed by atoms with Gasteiger partial charge in [0.25, 0.3) is 0 Å². The van der Waals surface area contributed by atoms with Gasteiger partial charge in [-0.05, 0) is 19.8 Å². The molecular formula is C11H26N2Si. The van der Waals surface area contributed by atoms with Gasteiger partial charge in [0, 0.05) is 12.5 Å². The predicted octanol–water partition coefficient (Wildman–Crippen LogP) is 3.56. The fraction of sp³-hybridized carbons (Fsp3) is 0.909. The first-order valence-corrected chi connectivity index (χ1v) is 8.97. The minimum Gasteiger partial charge on any atom is -0.385 e. The highest BCUT2D eigenvalue weighted by Crippen LogP contribution is 2.17. The molecule has 0 spiro atoms. The number of nitrogens with zero attached hydrogens (tertiary/aromatic N) is 1. The molecule has 0 aromatic carbocycles. The van der Waals surface area contributed by atoms with Gasteiger partial charge in [0.05, 0.1) is 5.84 Å². The van der Waals surface area contributed by atoms with Crippen LogP contribution >= 0.6 is 0 Å². The first-order valence-electron chi connectivity index (χ1n) is 5.53. The second-order valence-electron chi connectivity index (χ2n) is 5.68. The van der Waals surface area contributed by atoms with Crippen LogP contribution in [-0.2, 0) is 0 Å². The average Bonchev–Trinajstić information content (AvgIpc) is 1.78. The summed E-state index contributed by atoms with van der Waals surface area (Å²) in [5.41, 5.74) is 0. The van der Waals surface area contributed by atoms with Crippen LogP contribution in [0.25, 0.3) is 0 Å². The van der Waals surface area contributed by atoms with Gasteiger partial charge in [0.1, 0.15) is 8.24 Å². The van der Waals surface area contributed by atoms with E-state index in [0.717, 1.165) is 12.3 Å². The van der Waals surface area contributed by atoms with Crippen LogP contribution in [0.5, 0.6) is 0 Å². The van der Waals surface area contributed by atoms with Crippen LogP contribution in [0, 0.1) is 11.3 Å². The number of nitrogens with one attached hydrogen (secondary N) is 1. The van der Waals surface area contributed by atoms with Gasteiger partial charge < -0.3 is 4.57 Å². The van der Waals surface area contributed by atoms with Crippen LogP contribution in [0.2, 0.25) is 19.6 Å². The van der Waals surface area contributed by atoms with E-state index in [2.05, 4.69) is 51.9 Å². The monoisotopic (exact) mass is 214 g/mol. The van der Waals surface area contributed by atoms with Gasteiger partial charge in [-0.3, -0.25) is 5.41 Å². The number of hydrogen-bond acceptors (Lipinski definition) is 1. The Hall–Kier alpha value is -0.313. The fourth-order valence-corrected chi connectivity index (χ4v) is 4.43. The molecule has 0 saturated carbocycles. The van der Waals surface area contributed by atoms with Crippen LogP contribution < -0.4 is 0 Å². The second-order valence-corrected chi connectivity index (χ2v) is 10.5. The van der Waals surface area contributed by atoms with E-state index in [1.807, 2.05) is 0 Å². The van der Waals surface area contributed by atoms with Crippen LogP contribution in [0.4, 0.5) is 0 Å². The topological polar surface area (TPSA) is 27.1 Å². The molecule has 0 rings (SSSR count). The summed E-state index contributed by atoms with van der Waals surface area (Å²) in [6.07, 6.45) is 0.905. The van der Waals surface area contributed by atoms with Crippen LogP contribution in [0.3, 0.4) is 0 Å². The SMILES string of the molecule is CC(C)CC(=N)N(C(C)C)[Si](C)(C)C. The lowest BCUT2D eigenvalue weighted by Gasteiger charge is -2.40. The van der Waals surface area contributed by atoms with Gasteiger partial charge in [0.15, 0.2) is 0 Å². The van der Waals surface area contributed by atoms with Crippen molar-refractivity contribution >= 4 is 14.1 Å². The van der Waals surface area contributed by atoms with E-state index in [1.54, 1.807) is 0 Å². The van der Waals surface area contributed by atoms with Crippen molar-refractivity contribution in [2.75, 3.05) is 0 Å². The molecule has 0 amide bonds. The van der Waals surface area contributed by atoms with Crippen LogP contribution in [0.15, 0.2) is 0 Å². The Labute approximate surface area is 90.3 Å². The Balaban J connectivity index is 4.60. The van der Waals surface area contributed by atoms with Crippen molar-refractivity contribution in [1.29, 1.82) is 5.41 Å². The van der Waals surface area contributed by atoms with Crippen molar-refractivity contribution in [3.05, 3.63) is 0 Å². The summed E-state index contributed by atoms with van der Waals surface area (Å²) >= 11 is 0. The molecule has 0 aliphatic rings. The van der Waals surface area contributed by atoms with Gasteiger partial charge in [-0.1, -0.05) is 33.5 Å². The molecule has 0 fully saturated rings. The molecule has 2 nitrogen and oxygen atoms in total. The summed E-state index contributed by atoms with van der Waals surface area (Å²) in [7, 11) is -1.37. The van der Waals surface area contributed by atoms with E-state index in [9.17, 15) is 0 Å². The van der Waals surface area contributed by atoms with Crippen molar-refractivity contribution in [1.82, 2.24) is 4.57 Å². The third-order valence-electron chi connectivity index (χ3n) is 2.13. The maximum Gasteiger partial charge on any atom is 0.149 e. The first-order chi connectivity index (χ1) is 6.16. The van der Waals surface area contributed by atoms with E-state index < -0.39 is 8.24 Å². The lowest BCUT2D eigenvalue weighted by molar-refractivity contribution is 0.478. The summed E-state index contributed by atoms with van der Waals surface area (Å²) in [6, 6.07) is 0.466. The lowest BCUT2D eigenvalue weighted by Crippen LogP contribution is -2.53. The summed E-state index contributed by atoms with van der Waals surface area (Å²) in [6.45, 7) is 15.7. The summed E-state index contributed by atoms with van der Waals surface area (Å²) < 4.78 is 2.34. The molecule has 1 N–H and O–H groups in total. The van der Waals surface area contributed by atoms with E-state index in [1.165, 1.54) is 0 Å². The molecule has 0 bridgehead atoms. The van der Waals surface area contributed by atoms with E-state index in [0.29, 0.717) is 12.0 Å². The van der Waals surface area contributed by atoms with Crippen molar-refractivity contribution in [3.63, 3.8) is 0 Å². The Kier molecular flexibility index (Phi) is 4.85. The average molecular weight is 214 g/mol. The zero-order valence-corrected chi connectivity index (χ0v) is 11.8. The largest absolute Gasteiger partial charge is 0.385 e. The van der Waals surface area contributed by atoms with Crippen molar-refractivity contribution in [2.24, 2.45) is 5.92 Å². The highest BCUT2D eigenvalue weighted by molar-refractivity contribution is 6.75. The quantitative estimate of drug-likeness (QED) is 0.432. The molecule has 0 aliphatic heterocycles. The zero-order valence-electron chi connectivity index (χ0n) is 10.8. The van der Waals surface area contributed by atoms with Crippen molar-refractivity contribution in [3.8, 4) is 0 Å². The molecule has 0 heterocycles. The third-order valence-corrected chi connectivity index (χ3v) is 4.36. The summed E-state index contributed by atoms with van der Waals surface area (Å²) in [4.78, 5) is 0. The van der Waals surface area contributed by atoms with Crippen molar-refractivity contribution < 1.29 is 0 Å². The van der Waals surface area contributed by atoms with Gasteiger partial charge in [0.2, 0.25) is 0 Å². The lowest BCUT2D eigenvalue weighted by atomic mass is 10.1. The summed E-state index contributed by atoms with van der Waals surface area (Å²) in [5.74, 6) is 1.41. The van der Waals surface area contributed by atoms with E-state index >= 15 is 0 Å².